The molecule has 0 amide bonds. The zero-order chi connectivity index (χ0) is 22.9. The van der Waals surface area contributed by atoms with E-state index in [2.05, 4.69) is 10.6 Å². The Balaban J connectivity index is 0.00000306. The molecule has 0 atom stereocenters. The molecule has 4 rings (SSSR count). The molecule has 0 bridgehead atoms. The van der Waals surface area contributed by atoms with Crippen molar-refractivity contribution in [1.82, 2.24) is 9.29 Å². The monoisotopic (exact) mass is 505 g/mol. The summed E-state index contributed by atoms with van der Waals surface area (Å²) in [6, 6.07) is 17.8. The fourth-order valence-corrected chi connectivity index (χ4v) is 5.28. The Morgan fingerprint density at radius 2 is 1.76 bits per heavy atom. The molecule has 9 heteroatoms. The summed E-state index contributed by atoms with van der Waals surface area (Å²) in [5.41, 5.74) is 4.03. The highest BCUT2D eigenvalue weighted by Crippen LogP contribution is 2.32. The van der Waals surface area contributed by atoms with Crippen molar-refractivity contribution >= 4 is 56.3 Å². The van der Waals surface area contributed by atoms with Crippen LogP contribution in [0.5, 0.6) is 5.75 Å². The van der Waals surface area contributed by atoms with E-state index >= 15 is 0 Å². The number of hydrogen-bond donors (Lipinski definition) is 2. The molecule has 33 heavy (non-hydrogen) atoms. The van der Waals surface area contributed by atoms with E-state index in [1.807, 2.05) is 50.4 Å². The van der Waals surface area contributed by atoms with E-state index in [4.69, 9.17) is 16.3 Å². The molecule has 0 aliphatic rings. The summed E-state index contributed by atoms with van der Waals surface area (Å²) in [6.45, 7) is 2.51. The third-order valence-electron chi connectivity index (χ3n) is 5.24. The number of nitrogens with zero attached hydrogens (tertiary/aromatic N) is 1. The van der Waals surface area contributed by atoms with E-state index in [0.717, 1.165) is 27.9 Å². The Morgan fingerprint density at radius 3 is 2.39 bits per heavy atom. The van der Waals surface area contributed by atoms with Gasteiger partial charge in [-0.05, 0) is 73.6 Å². The van der Waals surface area contributed by atoms with Gasteiger partial charge in [0.1, 0.15) is 5.75 Å². The average molecular weight is 506 g/mol. The van der Waals surface area contributed by atoms with Crippen LogP contribution in [0.3, 0.4) is 0 Å². The fraction of sp³-hybridized carbons (Fsp3) is 0.167. The third kappa shape index (κ3) is 4.96. The maximum Gasteiger partial charge on any atom is 0.268 e. The van der Waals surface area contributed by atoms with Gasteiger partial charge in [-0.25, -0.2) is 12.4 Å². The molecule has 6 nitrogen and oxygen atoms in total. The maximum absolute atomic E-state index is 13.5. The van der Waals surface area contributed by atoms with Crippen molar-refractivity contribution in [3.8, 4) is 5.75 Å². The minimum absolute atomic E-state index is 0. The Hall–Kier alpha value is -2.71. The van der Waals surface area contributed by atoms with Crippen molar-refractivity contribution in [3.05, 3.63) is 83.0 Å². The standard InChI is InChI=1S/C24H24ClN3O3S.ClH/c1-16-4-11-23(22(25)12-16)27-18-5-10-21-17(14-26-2)15-28(24(21)13-18)32(29,30)20-8-6-19(31-3)7-9-20;/h4-13,15,26-27H,14H2,1-3H3;1H. The van der Waals surface area contributed by atoms with Gasteiger partial charge in [0, 0.05) is 23.8 Å². The summed E-state index contributed by atoms with van der Waals surface area (Å²) < 4.78 is 33.5. The number of hydrogen-bond acceptors (Lipinski definition) is 5. The predicted molar refractivity (Wildman–Crippen MR) is 137 cm³/mol. The lowest BCUT2D eigenvalue weighted by atomic mass is 10.1. The Morgan fingerprint density at radius 1 is 1.03 bits per heavy atom. The molecule has 3 aromatic carbocycles. The smallest absolute Gasteiger partial charge is 0.268 e. The van der Waals surface area contributed by atoms with Crippen LogP contribution < -0.4 is 15.4 Å². The summed E-state index contributed by atoms with van der Waals surface area (Å²) in [4.78, 5) is 0.186. The van der Waals surface area contributed by atoms with E-state index in [9.17, 15) is 8.42 Å². The van der Waals surface area contributed by atoms with Crippen molar-refractivity contribution in [2.45, 2.75) is 18.4 Å². The van der Waals surface area contributed by atoms with Gasteiger partial charge < -0.3 is 15.4 Å². The number of benzene rings is 3. The number of methoxy groups -OCH3 is 1. The van der Waals surface area contributed by atoms with E-state index in [0.29, 0.717) is 22.8 Å². The lowest BCUT2D eigenvalue weighted by Crippen LogP contribution is -2.12. The molecule has 4 aromatic rings. The first kappa shape index (κ1) is 24.9. The highest BCUT2D eigenvalue weighted by Gasteiger charge is 2.21. The Kier molecular flexibility index (Phi) is 7.59. The molecule has 0 saturated heterocycles. The van der Waals surface area contributed by atoms with Gasteiger partial charge in [-0.2, -0.15) is 0 Å². The fourth-order valence-electron chi connectivity index (χ4n) is 3.61. The topological polar surface area (TPSA) is 72.4 Å². The van der Waals surface area contributed by atoms with Crippen LogP contribution in [0.4, 0.5) is 11.4 Å². The molecule has 0 unspecified atom stereocenters. The van der Waals surface area contributed by atoms with Gasteiger partial charge in [0.2, 0.25) is 0 Å². The van der Waals surface area contributed by atoms with Gasteiger partial charge in [-0.3, -0.25) is 0 Å². The third-order valence-corrected chi connectivity index (χ3v) is 7.24. The van der Waals surface area contributed by atoms with E-state index in [-0.39, 0.29) is 17.3 Å². The highest BCUT2D eigenvalue weighted by atomic mass is 35.5. The number of anilines is 2. The Labute approximate surface area is 205 Å². The summed E-state index contributed by atoms with van der Waals surface area (Å²) in [5, 5.41) is 7.86. The van der Waals surface area contributed by atoms with Gasteiger partial charge in [0.25, 0.3) is 10.0 Å². The van der Waals surface area contributed by atoms with Crippen molar-refractivity contribution in [2.75, 3.05) is 19.5 Å². The van der Waals surface area contributed by atoms with Crippen molar-refractivity contribution in [3.63, 3.8) is 0 Å². The lowest BCUT2D eigenvalue weighted by molar-refractivity contribution is 0.414. The molecular weight excluding hydrogens is 481 g/mol. The number of rotatable bonds is 7. The van der Waals surface area contributed by atoms with Gasteiger partial charge in [-0.15, -0.1) is 12.4 Å². The first-order chi connectivity index (χ1) is 15.3. The zero-order valence-electron chi connectivity index (χ0n) is 18.4. The largest absolute Gasteiger partial charge is 0.497 e. The number of aryl methyl sites for hydroxylation is 1. The van der Waals surface area contributed by atoms with Crippen LogP contribution in [0.2, 0.25) is 5.02 Å². The minimum Gasteiger partial charge on any atom is -0.497 e. The molecule has 0 fully saturated rings. The molecule has 0 aliphatic carbocycles. The van der Waals surface area contributed by atoms with E-state index in [1.54, 1.807) is 37.6 Å². The number of ether oxygens (including phenoxy) is 1. The maximum atomic E-state index is 13.5. The lowest BCUT2D eigenvalue weighted by Gasteiger charge is -2.11. The van der Waals surface area contributed by atoms with Crippen LogP contribution in [0.1, 0.15) is 11.1 Å². The van der Waals surface area contributed by atoms with Gasteiger partial charge in [-0.1, -0.05) is 23.7 Å². The summed E-state index contributed by atoms with van der Waals surface area (Å²) in [5.74, 6) is 0.596. The van der Waals surface area contributed by atoms with Gasteiger partial charge >= 0.3 is 0 Å². The second-order valence-electron chi connectivity index (χ2n) is 7.50. The first-order valence-electron chi connectivity index (χ1n) is 10.0. The van der Waals surface area contributed by atoms with Crippen molar-refractivity contribution in [2.24, 2.45) is 0 Å². The average Bonchev–Trinajstić information content (AvgIpc) is 3.14. The SMILES string of the molecule is CNCc1cn(S(=O)(=O)c2ccc(OC)cc2)c2cc(Nc3ccc(C)cc3Cl)ccc12.Cl. The van der Waals surface area contributed by atoms with Crippen LogP contribution in [-0.2, 0) is 16.6 Å². The molecule has 1 heterocycles. The molecule has 1 aromatic heterocycles. The quantitative estimate of drug-likeness (QED) is 0.335. The molecule has 0 spiro atoms. The van der Waals surface area contributed by atoms with Crippen LogP contribution >= 0.6 is 24.0 Å². The van der Waals surface area contributed by atoms with Crippen molar-refractivity contribution < 1.29 is 13.2 Å². The van der Waals surface area contributed by atoms with Gasteiger partial charge in [0.15, 0.2) is 0 Å². The highest BCUT2D eigenvalue weighted by molar-refractivity contribution is 7.90. The van der Waals surface area contributed by atoms with Crippen LogP contribution in [-0.4, -0.2) is 26.5 Å². The van der Waals surface area contributed by atoms with E-state index in [1.165, 1.54) is 3.97 Å². The predicted octanol–water partition coefficient (Wildman–Crippen LogP) is 5.73. The molecule has 0 aliphatic heterocycles. The molecule has 0 saturated carbocycles. The second-order valence-corrected chi connectivity index (χ2v) is 9.72. The number of halogens is 2. The first-order valence-corrected chi connectivity index (χ1v) is 11.9. The summed E-state index contributed by atoms with van der Waals surface area (Å²) in [7, 11) is -0.439. The number of fused-ring (bicyclic) bond motifs is 1. The minimum atomic E-state index is -3.81. The molecule has 174 valence electrons. The van der Waals surface area contributed by atoms with Crippen molar-refractivity contribution in [1.29, 1.82) is 0 Å². The number of aromatic nitrogens is 1. The van der Waals surface area contributed by atoms with Crippen LogP contribution in [0.25, 0.3) is 10.9 Å². The Bertz CT molecular complexity index is 1380. The molecular formula is C24H25Cl2N3O3S. The van der Waals surface area contributed by atoms with Crippen LogP contribution in [0.15, 0.2) is 71.8 Å². The van der Waals surface area contributed by atoms with E-state index < -0.39 is 10.0 Å². The van der Waals surface area contributed by atoms with Crippen LogP contribution in [0, 0.1) is 6.92 Å². The summed E-state index contributed by atoms with van der Waals surface area (Å²) in [6.07, 6.45) is 1.67. The van der Waals surface area contributed by atoms with Gasteiger partial charge in [0.05, 0.1) is 28.2 Å². The molecule has 0 radical (unpaired) electrons. The molecule has 2 N–H and O–H groups in total. The normalized spacial score (nSPS) is 11.3. The zero-order valence-corrected chi connectivity index (χ0v) is 20.8. The summed E-state index contributed by atoms with van der Waals surface area (Å²) >= 11 is 6.37. The second kappa shape index (κ2) is 10.1. The number of nitrogens with one attached hydrogen (secondary N) is 2.